The molecule has 0 unspecified atom stereocenters. The fourth-order valence-electron chi connectivity index (χ4n) is 4.42. The number of aromatic nitrogens is 1. The Morgan fingerprint density at radius 2 is 1.62 bits per heavy atom. The lowest BCUT2D eigenvalue weighted by Crippen LogP contribution is -2.32. The first kappa shape index (κ1) is 25.0. The highest BCUT2D eigenvalue weighted by molar-refractivity contribution is 7.89. The molecule has 0 spiro atoms. The summed E-state index contributed by atoms with van der Waals surface area (Å²) < 4.78 is 40.1. The number of aryl methyl sites for hydroxylation is 1. The minimum atomic E-state index is -3.94. The highest BCUT2D eigenvalue weighted by atomic mass is 32.2. The molecule has 1 aliphatic heterocycles. The SMILES string of the molecule is Cc1ccc2[nH]c(=O)c(CN(Cc3ccc4c(c3)OCO4)S(=O)(=O)c3ccc(C(C)(C)C)cc3)cc2c1. The van der Waals surface area contributed by atoms with Gasteiger partial charge in [-0.1, -0.05) is 50.6 Å². The summed E-state index contributed by atoms with van der Waals surface area (Å²) in [5.74, 6) is 1.20. The van der Waals surface area contributed by atoms with Crippen LogP contribution in [0.1, 0.15) is 43.0 Å². The van der Waals surface area contributed by atoms with Gasteiger partial charge in [0, 0.05) is 24.2 Å². The Balaban J connectivity index is 1.55. The van der Waals surface area contributed by atoms with Crippen LogP contribution in [-0.4, -0.2) is 24.5 Å². The van der Waals surface area contributed by atoms with Crippen LogP contribution in [0.15, 0.2) is 76.4 Å². The maximum Gasteiger partial charge on any atom is 0.252 e. The summed E-state index contributed by atoms with van der Waals surface area (Å²) in [6, 6.07) is 19.8. The van der Waals surface area contributed by atoms with Crippen LogP contribution < -0.4 is 15.0 Å². The summed E-state index contributed by atoms with van der Waals surface area (Å²) in [5, 5.41) is 0.851. The lowest BCUT2D eigenvalue weighted by atomic mass is 9.87. The van der Waals surface area contributed by atoms with Gasteiger partial charge >= 0.3 is 0 Å². The molecule has 8 heteroatoms. The first-order valence-electron chi connectivity index (χ1n) is 12.1. The molecule has 0 bridgehead atoms. The van der Waals surface area contributed by atoms with Crippen molar-refractivity contribution in [3.8, 4) is 11.5 Å². The minimum absolute atomic E-state index is 0.0608. The highest BCUT2D eigenvalue weighted by Gasteiger charge is 2.27. The number of hydrogen-bond donors (Lipinski definition) is 1. The normalized spacial score (nSPS) is 13.4. The van der Waals surface area contributed by atoms with E-state index in [4.69, 9.17) is 9.47 Å². The monoisotopic (exact) mass is 518 g/mol. The van der Waals surface area contributed by atoms with Crippen molar-refractivity contribution in [1.29, 1.82) is 0 Å². The van der Waals surface area contributed by atoms with Crippen LogP contribution in [0, 0.1) is 6.92 Å². The number of nitrogens with zero attached hydrogens (tertiary/aromatic N) is 1. The molecule has 0 atom stereocenters. The standard InChI is InChI=1S/C29H30N2O5S/c1-19-5-11-25-21(13-19)15-22(28(32)30-25)17-31(16-20-6-12-26-27(14-20)36-18-35-26)37(33,34)24-9-7-23(8-10-24)29(2,3)4/h5-15H,16-18H2,1-4H3,(H,30,32). The highest BCUT2D eigenvalue weighted by Crippen LogP contribution is 2.34. The van der Waals surface area contributed by atoms with Crippen LogP contribution in [0.4, 0.5) is 0 Å². The number of rotatable bonds is 6. The predicted octanol–water partition coefficient (Wildman–Crippen LogP) is 5.25. The lowest BCUT2D eigenvalue weighted by Gasteiger charge is -2.24. The number of H-pyrrole nitrogens is 1. The van der Waals surface area contributed by atoms with Gasteiger partial charge in [-0.15, -0.1) is 0 Å². The molecule has 0 saturated carbocycles. The number of fused-ring (bicyclic) bond motifs is 2. The molecule has 1 N–H and O–H groups in total. The fraction of sp³-hybridized carbons (Fsp3) is 0.276. The number of pyridine rings is 1. The quantitative estimate of drug-likeness (QED) is 0.376. The van der Waals surface area contributed by atoms with Crippen molar-refractivity contribution < 1.29 is 17.9 Å². The molecule has 0 fully saturated rings. The molecule has 0 radical (unpaired) electrons. The van der Waals surface area contributed by atoms with E-state index in [-0.39, 0.29) is 35.8 Å². The molecule has 5 rings (SSSR count). The molecule has 2 heterocycles. The van der Waals surface area contributed by atoms with Gasteiger partial charge in [0.15, 0.2) is 11.5 Å². The van der Waals surface area contributed by atoms with Crippen LogP contribution in [0.5, 0.6) is 11.5 Å². The molecule has 0 amide bonds. The maximum absolute atomic E-state index is 13.9. The molecule has 3 aromatic carbocycles. The van der Waals surface area contributed by atoms with Gasteiger partial charge < -0.3 is 14.5 Å². The topological polar surface area (TPSA) is 88.7 Å². The Kier molecular flexibility index (Phi) is 6.33. The summed E-state index contributed by atoms with van der Waals surface area (Å²) in [7, 11) is -3.94. The van der Waals surface area contributed by atoms with Crippen LogP contribution in [0.25, 0.3) is 10.9 Å². The Bertz CT molecular complexity index is 1630. The van der Waals surface area contributed by atoms with Gasteiger partial charge in [-0.25, -0.2) is 8.42 Å². The fourth-order valence-corrected chi connectivity index (χ4v) is 5.83. The Labute approximate surface area is 216 Å². The second kappa shape index (κ2) is 9.36. The second-order valence-electron chi connectivity index (χ2n) is 10.4. The van der Waals surface area contributed by atoms with Gasteiger partial charge in [0.05, 0.1) is 4.90 Å². The van der Waals surface area contributed by atoms with E-state index in [1.54, 1.807) is 30.3 Å². The third kappa shape index (κ3) is 5.12. The van der Waals surface area contributed by atoms with Gasteiger partial charge in [0.25, 0.3) is 5.56 Å². The van der Waals surface area contributed by atoms with Crippen LogP contribution in [-0.2, 0) is 28.5 Å². The zero-order valence-electron chi connectivity index (χ0n) is 21.4. The van der Waals surface area contributed by atoms with E-state index in [2.05, 4.69) is 25.8 Å². The van der Waals surface area contributed by atoms with Crippen molar-refractivity contribution in [1.82, 2.24) is 9.29 Å². The van der Waals surface area contributed by atoms with Crippen molar-refractivity contribution in [3.05, 3.63) is 99.3 Å². The smallest absolute Gasteiger partial charge is 0.252 e. The van der Waals surface area contributed by atoms with E-state index in [0.29, 0.717) is 22.6 Å². The van der Waals surface area contributed by atoms with Gasteiger partial charge in [0.2, 0.25) is 16.8 Å². The number of aromatic amines is 1. The van der Waals surface area contributed by atoms with E-state index in [9.17, 15) is 13.2 Å². The summed E-state index contributed by atoms with van der Waals surface area (Å²) in [6.07, 6.45) is 0. The number of ether oxygens (including phenoxy) is 2. The molecule has 37 heavy (non-hydrogen) atoms. The van der Waals surface area contributed by atoms with Crippen molar-refractivity contribution in [2.24, 2.45) is 0 Å². The second-order valence-corrected chi connectivity index (χ2v) is 12.4. The van der Waals surface area contributed by atoms with Crippen molar-refractivity contribution in [3.63, 3.8) is 0 Å². The largest absolute Gasteiger partial charge is 0.454 e. The average Bonchev–Trinajstić information content (AvgIpc) is 3.32. The number of hydrogen-bond acceptors (Lipinski definition) is 5. The number of benzene rings is 3. The Morgan fingerprint density at radius 1 is 0.892 bits per heavy atom. The van der Waals surface area contributed by atoms with Gasteiger partial charge in [-0.2, -0.15) is 4.31 Å². The van der Waals surface area contributed by atoms with E-state index < -0.39 is 10.0 Å². The maximum atomic E-state index is 13.9. The zero-order valence-corrected chi connectivity index (χ0v) is 22.2. The first-order valence-corrected chi connectivity index (χ1v) is 13.6. The van der Waals surface area contributed by atoms with E-state index in [0.717, 1.165) is 22.1 Å². The molecule has 192 valence electrons. The van der Waals surface area contributed by atoms with E-state index in [1.165, 1.54) is 4.31 Å². The lowest BCUT2D eigenvalue weighted by molar-refractivity contribution is 0.174. The molecule has 1 aliphatic rings. The molecule has 1 aromatic heterocycles. The first-order chi connectivity index (χ1) is 17.5. The van der Waals surface area contributed by atoms with Gasteiger partial charge in [-0.3, -0.25) is 4.79 Å². The van der Waals surface area contributed by atoms with Crippen molar-refractivity contribution >= 4 is 20.9 Å². The molecule has 0 saturated heterocycles. The third-order valence-electron chi connectivity index (χ3n) is 6.58. The van der Waals surface area contributed by atoms with Crippen molar-refractivity contribution in [2.45, 2.75) is 51.1 Å². The predicted molar refractivity (Wildman–Crippen MR) is 143 cm³/mol. The van der Waals surface area contributed by atoms with Crippen LogP contribution in [0.3, 0.4) is 0 Å². The molecular weight excluding hydrogens is 488 g/mol. The minimum Gasteiger partial charge on any atom is -0.454 e. The summed E-state index contributed by atoms with van der Waals surface area (Å²) in [5.41, 5.74) is 3.48. The van der Waals surface area contributed by atoms with Crippen LogP contribution in [0.2, 0.25) is 0 Å². The summed E-state index contributed by atoms with van der Waals surface area (Å²) in [6.45, 7) is 8.32. The van der Waals surface area contributed by atoms with E-state index in [1.807, 2.05) is 43.3 Å². The van der Waals surface area contributed by atoms with Crippen LogP contribution >= 0.6 is 0 Å². The molecule has 7 nitrogen and oxygen atoms in total. The Hall–Kier alpha value is -3.62. The van der Waals surface area contributed by atoms with Gasteiger partial charge in [-0.05, 0) is 71.3 Å². The summed E-state index contributed by atoms with van der Waals surface area (Å²) in [4.78, 5) is 16.0. The zero-order chi connectivity index (χ0) is 26.4. The molecule has 0 aliphatic carbocycles. The average molecular weight is 519 g/mol. The van der Waals surface area contributed by atoms with Crippen molar-refractivity contribution in [2.75, 3.05) is 6.79 Å². The molecular formula is C29H30N2O5S. The molecule has 4 aromatic rings. The Morgan fingerprint density at radius 3 is 2.35 bits per heavy atom. The number of sulfonamides is 1. The number of nitrogens with one attached hydrogen (secondary N) is 1. The summed E-state index contributed by atoms with van der Waals surface area (Å²) >= 11 is 0. The third-order valence-corrected chi connectivity index (χ3v) is 8.38. The van der Waals surface area contributed by atoms with Gasteiger partial charge in [0.1, 0.15) is 0 Å². The van der Waals surface area contributed by atoms with E-state index >= 15 is 0 Å².